The Morgan fingerprint density at radius 1 is 1.08 bits per heavy atom. The molecule has 2 spiro atoms. The fraction of sp³-hybridized carbons (Fsp3) is 0.538. The maximum Gasteiger partial charge on any atom is 0.296 e. The molecule has 6 unspecified atom stereocenters. The zero-order chi connectivity index (χ0) is 26.2. The number of hydrogen-bond acceptors (Lipinski definition) is 7. The second-order valence-corrected chi connectivity index (χ2v) is 10.8. The van der Waals surface area contributed by atoms with E-state index in [9.17, 15) is 17.6 Å². The molecular weight excluding hydrogens is 508 g/mol. The van der Waals surface area contributed by atoms with Gasteiger partial charge in [0.25, 0.3) is 12.4 Å². The number of H-pyrrole nitrogens is 1. The van der Waals surface area contributed by atoms with Crippen LogP contribution in [0.3, 0.4) is 0 Å². The number of benzene rings is 1. The Morgan fingerprint density at radius 2 is 1.76 bits per heavy atom. The van der Waals surface area contributed by atoms with Crippen LogP contribution in [0.4, 0.5) is 23.4 Å². The molecule has 202 valence electrons. The number of ether oxygens (including phenoxy) is 4. The summed E-state index contributed by atoms with van der Waals surface area (Å²) in [4.78, 5) is 12.1. The van der Waals surface area contributed by atoms with Gasteiger partial charge in [-0.2, -0.15) is 4.98 Å². The lowest BCUT2D eigenvalue weighted by Gasteiger charge is -2.17. The first kappa shape index (κ1) is 24.1. The summed E-state index contributed by atoms with van der Waals surface area (Å²) < 4.78 is 76.9. The van der Waals surface area contributed by atoms with Gasteiger partial charge >= 0.3 is 0 Å². The predicted octanol–water partition coefficient (Wildman–Crippen LogP) is 4.13. The number of nitrogens with zero attached hydrogens (tertiary/aromatic N) is 2. The molecule has 2 N–H and O–H groups in total. The molecule has 6 atom stereocenters. The molecule has 0 amide bonds. The van der Waals surface area contributed by atoms with E-state index >= 15 is 0 Å². The van der Waals surface area contributed by atoms with Crippen molar-refractivity contribution < 1.29 is 36.5 Å². The normalized spacial score (nSPS) is 33.0. The van der Waals surface area contributed by atoms with Crippen molar-refractivity contribution in [1.82, 2.24) is 15.0 Å². The van der Waals surface area contributed by atoms with Crippen LogP contribution < -0.4 is 10.1 Å². The quantitative estimate of drug-likeness (QED) is 0.420. The van der Waals surface area contributed by atoms with Gasteiger partial charge in [-0.3, -0.25) is 0 Å². The topological polar surface area (TPSA) is 90.5 Å². The maximum atomic E-state index is 14.0. The molecule has 2 aromatic heterocycles. The summed E-state index contributed by atoms with van der Waals surface area (Å²) in [5.41, 5.74) is 1.14. The van der Waals surface area contributed by atoms with E-state index in [1.165, 1.54) is 18.2 Å². The summed E-state index contributed by atoms with van der Waals surface area (Å²) in [6.07, 6.45) is -1.89. The molecule has 4 fully saturated rings. The predicted molar refractivity (Wildman–Crippen MR) is 126 cm³/mol. The molecule has 0 radical (unpaired) electrons. The van der Waals surface area contributed by atoms with E-state index in [0.29, 0.717) is 42.6 Å². The first-order chi connectivity index (χ1) is 18.3. The molecular formula is C26H26F4N4O4. The Morgan fingerprint density at radius 3 is 2.47 bits per heavy atom. The molecule has 2 saturated heterocycles. The highest BCUT2D eigenvalue weighted by molar-refractivity contribution is 5.75. The molecule has 8 nitrogen and oxygen atoms in total. The fourth-order valence-corrected chi connectivity index (χ4v) is 6.07. The third-order valence-electron chi connectivity index (χ3n) is 8.38. The number of aryl methyl sites for hydroxylation is 1. The van der Waals surface area contributed by atoms with Gasteiger partial charge in [-0.15, -0.1) is 0 Å². The van der Waals surface area contributed by atoms with Crippen molar-refractivity contribution >= 4 is 17.0 Å². The molecule has 2 saturated carbocycles. The van der Waals surface area contributed by atoms with Crippen LogP contribution >= 0.6 is 0 Å². The van der Waals surface area contributed by atoms with Crippen LogP contribution in [0.5, 0.6) is 6.01 Å². The number of pyridine rings is 1. The average molecular weight is 535 g/mol. The molecule has 4 aliphatic rings. The molecule has 4 heterocycles. The second kappa shape index (κ2) is 8.52. The Balaban J connectivity index is 1.02. The van der Waals surface area contributed by atoms with Gasteiger partial charge in [0, 0.05) is 12.1 Å². The molecule has 7 rings (SSSR count). The summed E-state index contributed by atoms with van der Waals surface area (Å²) in [6.45, 7) is 2.11. The third-order valence-corrected chi connectivity index (χ3v) is 8.38. The van der Waals surface area contributed by atoms with E-state index < -0.39 is 24.7 Å². The minimum atomic E-state index is -2.49. The van der Waals surface area contributed by atoms with Crippen LogP contribution in [-0.4, -0.2) is 65.6 Å². The van der Waals surface area contributed by atoms with E-state index in [1.54, 1.807) is 0 Å². The van der Waals surface area contributed by atoms with Gasteiger partial charge in [0.15, 0.2) is 5.65 Å². The molecule has 2 aliphatic heterocycles. The highest BCUT2D eigenvalue weighted by Gasteiger charge is 2.78. The van der Waals surface area contributed by atoms with Gasteiger partial charge in [0.05, 0.1) is 47.9 Å². The largest absolute Gasteiger partial charge is 0.461 e. The number of halogens is 4. The minimum Gasteiger partial charge on any atom is -0.461 e. The van der Waals surface area contributed by atoms with Crippen LogP contribution in [0.15, 0.2) is 24.3 Å². The monoisotopic (exact) mass is 534 g/mol. The van der Waals surface area contributed by atoms with Crippen LogP contribution in [0, 0.1) is 29.4 Å². The molecule has 0 bridgehead atoms. The van der Waals surface area contributed by atoms with Crippen molar-refractivity contribution in [3.8, 4) is 6.01 Å². The van der Waals surface area contributed by atoms with Crippen LogP contribution in [-0.2, 0) is 20.8 Å². The minimum absolute atomic E-state index is 0.0612. The second-order valence-electron chi connectivity index (χ2n) is 10.8. The summed E-state index contributed by atoms with van der Waals surface area (Å²) in [5.74, 6) is -0.790. The van der Waals surface area contributed by atoms with Gasteiger partial charge < -0.3 is 29.2 Å². The number of rotatable bonds is 8. The zero-order valence-corrected chi connectivity index (χ0v) is 20.5. The number of imidazole rings is 1. The summed E-state index contributed by atoms with van der Waals surface area (Å²) in [5, 5.41) is 2.99. The van der Waals surface area contributed by atoms with E-state index in [-0.39, 0.29) is 47.4 Å². The highest BCUT2D eigenvalue weighted by Crippen LogP contribution is 2.67. The van der Waals surface area contributed by atoms with Crippen LogP contribution in [0.1, 0.15) is 24.0 Å². The lowest BCUT2D eigenvalue weighted by Crippen LogP contribution is -2.32. The molecule has 3 aromatic rings. The van der Waals surface area contributed by atoms with Gasteiger partial charge in [-0.05, 0) is 43.5 Å². The van der Waals surface area contributed by atoms with Gasteiger partial charge in [0.2, 0.25) is 0 Å². The lowest BCUT2D eigenvalue weighted by molar-refractivity contribution is -0.0227. The fourth-order valence-electron chi connectivity index (χ4n) is 6.07. The Kier molecular flexibility index (Phi) is 5.41. The number of nitrogens with one attached hydrogen (secondary N) is 2. The molecule has 2 aliphatic carbocycles. The Labute approximate surface area is 215 Å². The SMILES string of the molecule is Cc1cc2[nH]c(OC3CC34COC3C4OCC34CC4OCC(F)F)nc2nc1NCc1c(F)cccc1F. The third kappa shape index (κ3) is 3.76. The average Bonchev–Trinajstić information content (AvgIpc) is 3.55. The van der Waals surface area contributed by atoms with Gasteiger partial charge in [-0.25, -0.2) is 22.5 Å². The van der Waals surface area contributed by atoms with E-state index in [2.05, 4.69) is 20.3 Å². The number of aromatic amines is 1. The Bertz CT molecular complexity index is 1380. The molecule has 12 heteroatoms. The lowest BCUT2D eigenvalue weighted by atomic mass is 9.92. The highest BCUT2D eigenvalue weighted by atomic mass is 19.3. The van der Waals surface area contributed by atoms with Crippen LogP contribution in [0.25, 0.3) is 11.2 Å². The first-order valence-electron chi connectivity index (χ1n) is 12.6. The number of hydrogen-bond donors (Lipinski definition) is 2. The maximum absolute atomic E-state index is 14.0. The van der Waals surface area contributed by atoms with Crippen molar-refractivity contribution in [3.63, 3.8) is 0 Å². The van der Waals surface area contributed by atoms with Crippen LogP contribution in [0.2, 0.25) is 0 Å². The number of anilines is 1. The molecule has 1 aromatic carbocycles. The molecule has 38 heavy (non-hydrogen) atoms. The van der Waals surface area contributed by atoms with Crippen molar-refractivity contribution in [2.75, 3.05) is 25.1 Å². The van der Waals surface area contributed by atoms with Crippen molar-refractivity contribution in [2.45, 2.75) is 57.2 Å². The van der Waals surface area contributed by atoms with E-state index in [1.807, 2.05) is 13.0 Å². The number of alkyl halides is 2. The van der Waals surface area contributed by atoms with Crippen molar-refractivity contribution in [3.05, 3.63) is 47.0 Å². The van der Waals surface area contributed by atoms with Crippen molar-refractivity contribution in [2.24, 2.45) is 10.8 Å². The summed E-state index contributed by atoms with van der Waals surface area (Å²) in [6, 6.07) is 5.90. The smallest absolute Gasteiger partial charge is 0.296 e. The van der Waals surface area contributed by atoms with E-state index in [0.717, 1.165) is 12.0 Å². The van der Waals surface area contributed by atoms with Gasteiger partial charge in [-0.1, -0.05) is 6.07 Å². The zero-order valence-electron chi connectivity index (χ0n) is 20.5. The summed E-state index contributed by atoms with van der Waals surface area (Å²) in [7, 11) is 0. The summed E-state index contributed by atoms with van der Waals surface area (Å²) >= 11 is 0. The Hall–Kier alpha value is -2.96. The van der Waals surface area contributed by atoms with Gasteiger partial charge in [0.1, 0.15) is 30.2 Å². The van der Waals surface area contributed by atoms with Crippen molar-refractivity contribution in [1.29, 1.82) is 0 Å². The first-order valence-corrected chi connectivity index (χ1v) is 12.6. The van der Waals surface area contributed by atoms with E-state index in [4.69, 9.17) is 18.9 Å². The number of fused-ring (bicyclic) bond motifs is 4. The number of aromatic nitrogens is 3. The standard InChI is InChI=1S/C26H26F4N4O4/c1-12-5-16-23(33-22(12)31-8-13-14(27)3-2-4-15(13)28)34-24(32-16)38-18-7-26(18)11-37-20-21(26)36-10-25(20)6-17(25)35-9-19(29)30/h2-5,17-21H,6-11H2,1H3,(H2,31,32,33,34).